The van der Waals surface area contributed by atoms with Crippen molar-refractivity contribution < 1.29 is 4.57 Å². The predicted octanol–water partition coefficient (Wildman–Crippen LogP) is 4.17. The standard InChI is InChI=1S/C19H12N2S/c1-2-7-14(8-3-1)20-13-21-15-9-4-5-11-17(15)22-18-12-6-10-16(20)19(18)21/h1-12H. The van der Waals surface area contributed by atoms with Gasteiger partial charge in [-0.1, -0.05) is 66.4 Å². The summed E-state index contributed by atoms with van der Waals surface area (Å²) in [5, 5.41) is 0. The van der Waals surface area contributed by atoms with Gasteiger partial charge in [-0.05, 0) is 18.2 Å². The van der Waals surface area contributed by atoms with Crippen molar-refractivity contribution in [3.8, 4) is 11.4 Å². The molecule has 0 unspecified atom stereocenters. The largest absolute Gasteiger partial charge is 0.292 e. The number of rotatable bonds is 1. The fourth-order valence-corrected chi connectivity index (χ4v) is 4.08. The minimum absolute atomic E-state index is 1.13. The average molecular weight is 300 g/mol. The molecule has 3 heteroatoms. The smallest absolute Gasteiger partial charge is 0.269 e. The van der Waals surface area contributed by atoms with Gasteiger partial charge in [-0.25, -0.2) is 0 Å². The molecule has 0 atom stereocenters. The van der Waals surface area contributed by atoms with Crippen LogP contribution in [0.4, 0.5) is 0 Å². The van der Waals surface area contributed by atoms with Crippen molar-refractivity contribution in [2.75, 3.05) is 0 Å². The van der Waals surface area contributed by atoms with Gasteiger partial charge in [-0.15, -0.1) is 0 Å². The molecular formula is C19H12N2S. The highest BCUT2D eigenvalue weighted by atomic mass is 32.2. The van der Waals surface area contributed by atoms with E-state index >= 15 is 0 Å². The number of hydrogen-bond acceptors (Lipinski definition) is 1. The lowest BCUT2D eigenvalue weighted by molar-refractivity contribution is -0.577. The van der Waals surface area contributed by atoms with E-state index in [1.807, 2.05) is 17.8 Å². The number of imidazole rings is 1. The van der Waals surface area contributed by atoms with Crippen LogP contribution < -0.4 is 4.57 Å². The van der Waals surface area contributed by atoms with Crippen LogP contribution in [0.5, 0.6) is 0 Å². The van der Waals surface area contributed by atoms with Crippen LogP contribution in [0, 0.1) is 6.33 Å². The van der Waals surface area contributed by atoms with Crippen LogP contribution in [-0.4, -0.2) is 4.57 Å². The van der Waals surface area contributed by atoms with E-state index in [1.54, 1.807) is 0 Å². The van der Waals surface area contributed by atoms with Crippen LogP contribution in [0.3, 0.4) is 0 Å². The molecule has 3 aromatic carbocycles. The average Bonchev–Trinajstić information content (AvgIpc) is 2.98. The molecule has 4 aromatic rings. The van der Waals surface area contributed by atoms with Crippen LogP contribution in [0.1, 0.15) is 0 Å². The van der Waals surface area contributed by atoms with Crippen molar-refractivity contribution in [3.63, 3.8) is 0 Å². The van der Waals surface area contributed by atoms with Crippen molar-refractivity contribution in [1.29, 1.82) is 0 Å². The van der Waals surface area contributed by atoms with Crippen molar-refractivity contribution >= 4 is 22.8 Å². The summed E-state index contributed by atoms with van der Waals surface area (Å²) in [4.78, 5) is 2.55. The number of hydrogen-bond donors (Lipinski definition) is 0. The Bertz CT molecular complexity index is 1000. The fourth-order valence-electron chi connectivity index (χ4n) is 3.00. The first kappa shape index (κ1) is 12.1. The second kappa shape index (κ2) is 4.49. The van der Waals surface area contributed by atoms with E-state index in [0.717, 1.165) is 5.69 Å². The van der Waals surface area contributed by atoms with Gasteiger partial charge in [0.05, 0.1) is 22.4 Å². The van der Waals surface area contributed by atoms with E-state index in [-0.39, 0.29) is 0 Å². The molecule has 104 valence electrons. The minimum Gasteiger partial charge on any atom is -0.292 e. The molecule has 0 radical (unpaired) electrons. The first-order chi connectivity index (χ1) is 10.9. The second-order valence-electron chi connectivity index (χ2n) is 5.30. The van der Waals surface area contributed by atoms with Crippen molar-refractivity contribution in [1.82, 2.24) is 4.57 Å². The van der Waals surface area contributed by atoms with Crippen molar-refractivity contribution in [2.45, 2.75) is 9.79 Å². The SMILES string of the molecule is [c-]1n(-c2ccccc2)c2cccc3c2[n+]1-c1ccccc1S3. The van der Waals surface area contributed by atoms with E-state index in [4.69, 9.17) is 0 Å². The van der Waals surface area contributed by atoms with Crippen molar-refractivity contribution in [3.05, 3.63) is 79.1 Å². The Hall–Kier alpha value is -2.52. The molecule has 0 aliphatic carbocycles. The summed E-state index contributed by atoms with van der Waals surface area (Å²) in [5.74, 6) is 0. The molecule has 0 saturated heterocycles. The normalized spacial score (nSPS) is 12.4. The van der Waals surface area contributed by atoms with Gasteiger partial charge < -0.3 is 0 Å². The summed E-state index contributed by atoms with van der Waals surface area (Å²) in [5.41, 5.74) is 4.75. The molecule has 0 fully saturated rings. The highest BCUT2D eigenvalue weighted by Gasteiger charge is 2.21. The molecule has 0 spiro atoms. The lowest BCUT2D eigenvalue weighted by atomic mass is 10.2. The van der Waals surface area contributed by atoms with Crippen LogP contribution in [0.25, 0.3) is 22.4 Å². The lowest BCUT2D eigenvalue weighted by Gasteiger charge is -2.17. The van der Waals surface area contributed by atoms with Crippen LogP contribution >= 0.6 is 11.8 Å². The summed E-state index contributed by atoms with van der Waals surface area (Å²) in [6.07, 6.45) is 3.52. The fraction of sp³-hybridized carbons (Fsp3) is 0. The first-order valence-corrected chi connectivity index (χ1v) is 8.05. The Kier molecular flexibility index (Phi) is 2.46. The molecule has 1 aromatic heterocycles. The molecule has 1 aliphatic rings. The minimum atomic E-state index is 1.13. The Labute approximate surface area is 132 Å². The van der Waals surface area contributed by atoms with Crippen LogP contribution in [-0.2, 0) is 0 Å². The maximum Gasteiger partial charge on any atom is 0.269 e. The molecule has 1 aliphatic heterocycles. The highest BCUT2D eigenvalue weighted by molar-refractivity contribution is 7.99. The monoisotopic (exact) mass is 300 g/mol. The molecule has 0 amide bonds. The third-order valence-corrected chi connectivity index (χ3v) is 5.10. The predicted molar refractivity (Wildman–Crippen MR) is 87.8 cm³/mol. The van der Waals surface area contributed by atoms with Gasteiger partial charge in [-0.3, -0.25) is 9.13 Å². The highest BCUT2D eigenvalue weighted by Crippen LogP contribution is 2.39. The topological polar surface area (TPSA) is 8.81 Å². The zero-order valence-electron chi connectivity index (χ0n) is 11.7. The third kappa shape index (κ3) is 1.60. The molecular weight excluding hydrogens is 288 g/mol. The molecule has 0 bridgehead atoms. The summed E-state index contributed by atoms with van der Waals surface area (Å²) < 4.78 is 4.32. The summed E-state index contributed by atoms with van der Waals surface area (Å²) in [7, 11) is 0. The van der Waals surface area contributed by atoms with Gasteiger partial charge in [0.25, 0.3) is 6.33 Å². The van der Waals surface area contributed by atoms with E-state index in [0.29, 0.717) is 0 Å². The number of fused-ring (bicyclic) bond motifs is 2. The number of benzene rings is 3. The quantitative estimate of drug-likeness (QED) is 0.333. The van der Waals surface area contributed by atoms with Crippen molar-refractivity contribution in [2.24, 2.45) is 0 Å². The van der Waals surface area contributed by atoms with Gasteiger partial charge >= 0.3 is 0 Å². The van der Waals surface area contributed by atoms with E-state index < -0.39 is 0 Å². The van der Waals surface area contributed by atoms with E-state index in [2.05, 4.69) is 82.2 Å². The maximum absolute atomic E-state index is 3.52. The Morgan fingerprint density at radius 2 is 1.55 bits per heavy atom. The lowest BCUT2D eigenvalue weighted by Crippen LogP contribution is -2.32. The summed E-state index contributed by atoms with van der Waals surface area (Å²) in [6, 6.07) is 25.4. The Balaban J connectivity index is 1.90. The molecule has 0 N–H and O–H groups in total. The molecule has 0 saturated carbocycles. The molecule has 22 heavy (non-hydrogen) atoms. The van der Waals surface area contributed by atoms with Gasteiger partial charge in [0.15, 0.2) is 0 Å². The summed E-state index contributed by atoms with van der Waals surface area (Å²) in [6.45, 7) is 0. The third-order valence-electron chi connectivity index (χ3n) is 3.98. The number of nitrogens with zero attached hydrogens (tertiary/aromatic N) is 2. The van der Waals surface area contributed by atoms with Crippen LogP contribution in [0.2, 0.25) is 0 Å². The van der Waals surface area contributed by atoms with E-state index in [9.17, 15) is 0 Å². The number of para-hydroxylation sites is 3. The maximum atomic E-state index is 3.52. The first-order valence-electron chi connectivity index (χ1n) is 7.23. The van der Waals surface area contributed by atoms with Gasteiger partial charge in [-0.2, -0.15) is 0 Å². The van der Waals surface area contributed by atoms with E-state index in [1.165, 1.54) is 26.5 Å². The zero-order valence-corrected chi connectivity index (χ0v) is 12.5. The Morgan fingerprint density at radius 1 is 0.773 bits per heavy atom. The van der Waals surface area contributed by atoms with Crippen LogP contribution in [0.15, 0.2) is 82.6 Å². The zero-order chi connectivity index (χ0) is 14.5. The second-order valence-corrected chi connectivity index (χ2v) is 6.38. The summed E-state index contributed by atoms with van der Waals surface area (Å²) >= 11 is 1.83. The Morgan fingerprint density at radius 3 is 2.45 bits per heavy atom. The number of aromatic nitrogens is 2. The molecule has 5 rings (SSSR count). The van der Waals surface area contributed by atoms with Gasteiger partial charge in [0.1, 0.15) is 0 Å². The van der Waals surface area contributed by atoms with Gasteiger partial charge in [0.2, 0.25) is 0 Å². The van der Waals surface area contributed by atoms with Gasteiger partial charge in [0, 0.05) is 9.79 Å². The molecule has 2 heterocycles. The molecule has 2 nitrogen and oxygen atoms in total.